The summed E-state index contributed by atoms with van der Waals surface area (Å²) in [4.78, 5) is 24.5. The summed E-state index contributed by atoms with van der Waals surface area (Å²) in [6.07, 6.45) is 1.91. The van der Waals surface area contributed by atoms with Crippen LogP contribution in [0.15, 0.2) is 28.2 Å². The number of thioether (sulfide) groups is 1. The van der Waals surface area contributed by atoms with Gasteiger partial charge in [0, 0.05) is 12.3 Å². The predicted octanol–water partition coefficient (Wildman–Crippen LogP) is 2.53. The number of hydrogen-bond acceptors (Lipinski definition) is 6. The van der Waals surface area contributed by atoms with E-state index in [1.807, 2.05) is 0 Å². The second-order valence-corrected chi connectivity index (χ2v) is 7.87. The van der Waals surface area contributed by atoms with E-state index in [0.717, 1.165) is 12.8 Å². The summed E-state index contributed by atoms with van der Waals surface area (Å²) in [7, 11) is 1.53. The Balaban J connectivity index is 1.64. The molecule has 0 bridgehead atoms. The van der Waals surface area contributed by atoms with Crippen molar-refractivity contribution >= 4 is 35.0 Å². The van der Waals surface area contributed by atoms with Gasteiger partial charge in [-0.1, -0.05) is 23.4 Å². The molecule has 8 nitrogen and oxygen atoms in total. The van der Waals surface area contributed by atoms with E-state index >= 15 is 0 Å². The molecule has 2 aromatic rings. The van der Waals surface area contributed by atoms with Gasteiger partial charge in [0.2, 0.25) is 5.91 Å². The second-order valence-electron chi connectivity index (χ2n) is 6.16. The minimum atomic E-state index is -0.468. The predicted molar refractivity (Wildman–Crippen MR) is 104 cm³/mol. The number of anilines is 1. The van der Waals surface area contributed by atoms with Crippen molar-refractivity contribution in [3.05, 3.63) is 33.7 Å². The van der Waals surface area contributed by atoms with Crippen LogP contribution in [0.25, 0.3) is 0 Å². The number of carbonyl (C=O) groups is 1. The van der Waals surface area contributed by atoms with Crippen LogP contribution < -0.4 is 15.7 Å². The number of carbonyl (C=O) groups excluding carboxylic acids is 1. The second kappa shape index (κ2) is 8.81. The van der Waals surface area contributed by atoms with Crippen LogP contribution in [0.2, 0.25) is 5.02 Å². The Morgan fingerprint density at radius 1 is 1.59 bits per heavy atom. The van der Waals surface area contributed by atoms with Crippen molar-refractivity contribution in [2.45, 2.75) is 42.8 Å². The molecule has 1 fully saturated rings. The Hall–Kier alpha value is -1.97. The average Bonchev–Trinajstić information content (AvgIpc) is 3.27. The smallest absolute Gasteiger partial charge is 0.344 e. The molecule has 1 aliphatic heterocycles. The number of aromatic amines is 1. The van der Waals surface area contributed by atoms with Crippen LogP contribution >= 0.6 is 23.4 Å². The summed E-state index contributed by atoms with van der Waals surface area (Å²) in [5, 5.41) is 9.69. The molecule has 1 amide bonds. The fraction of sp³-hybridized carbons (Fsp3) is 0.471. The zero-order chi connectivity index (χ0) is 19.4. The number of methoxy groups -OCH3 is 1. The molecule has 146 valence electrons. The van der Waals surface area contributed by atoms with Gasteiger partial charge in [0.15, 0.2) is 5.16 Å². The molecule has 1 aromatic carbocycles. The van der Waals surface area contributed by atoms with Crippen molar-refractivity contribution in [1.82, 2.24) is 14.8 Å². The summed E-state index contributed by atoms with van der Waals surface area (Å²) < 4.78 is 12.2. The lowest BCUT2D eigenvalue weighted by atomic mass is 10.2. The number of nitrogens with zero attached hydrogens (tertiary/aromatic N) is 2. The number of amides is 1. The van der Waals surface area contributed by atoms with Crippen molar-refractivity contribution < 1.29 is 14.3 Å². The minimum absolute atomic E-state index is 0.00484. The van der Waals surface area contributed by atoms with Crippen LogP contribution in [0.4, 0.5) is 5.69 Å². The molecule has 0 unspecified atom stereocenters. The number of benzene rings is 1. The first-order valence-corrected chi connectivity index (χ1v) is 9.81. The standard InChI is InChI=1S/C17H21ClN4O4S/c1-10(15(23)19-11-5-6-14(25-2)13(18)8-11)27-17-21-20-16(24)22(17)9-12-4-3-7-26-12/h5-6,8,10,12H,3-4,7,9H2,1-2H3,(H,19,23)(H,20,24)/t10-,12-/m0/s1. The van der Waals surface area contributed by atoms with Gasteiger partial charge in [0.05, 0.1) is 30.0 Å². The molecule has 3 rings (SSSR count). The van der Waals surface area contributed by atoms with Crippen molar-refractivity contribution in [1.29, 1.82) is 0 Å². The molecule has 2 N–H and O–H groups in total. The average molecular weight is 413 g/mol. The zero-order valence-corrected chi connectivity index (χ0v) is 16.6. The van der Waals surface area contributed by atoms with Gasteiger partial charge in [-0.05, 0) is 38.0 Å². The van der Waals surface area contributed by atoms with Gasteiger partial charge >= 0.3 is 5.69 Å². The molecule has 1 aliphatic rings. The largest absolute Gasteiger partial charge is 0.495 e. The highest BCUT2D eigenvalue weighted by molar-refractivity contribution is 8.00. The molecule has 27 heavy (non-hydrogen) atoms. The maximum absolute atomic E-state index is 12.5. The third-order valence-corrected chi connectivity index (χ3v) is 5.59. The maximum Gasteiger partial charge on any atom is 0.344 e. The minimum Gasteiger partial charge on any atom is -0.495 e. The summed E-state index contributed by atoms with van der Waals surface area (Å²) in [5.41, 5.74) is 0.263. The quantitative estimate of drug-likeness (QED) is 0.678. The number of ether oxygens (including phenoxy) is 2. The molecule has 1 aromatic heterocycles. The highest BCUT2D eigenvalue weighted by Gasteiger charge is 2.23. The Morgan fingerprint density at radius 2 is 2.41 bits per heavy atom. The van der Waals surface area contributed by atoms with E-state index in [0.29, 0.717) is 34.8 Å². The lowest BCUT2D eigenvalue weighted by Gasteiger charge is -2.14. The Labute approximate surface area is 165 Å². The molecule has 1 saturated heterocycles. The maximum atomic E-state index is 12.5. The number of hydrogen-bond donors (Lipinski definition) is 2. The summed E-state index contributed by atoms with van der Waals surface area (Å²) in [6.45, 7) is 2.89. The van der Waals surface area contributed by atoms with Gasteiger partial charge in [0.1, 0.15) is 5.75 Å². The molecule has 0 radical (unpaired) electrons. The topological polar surface area (TPSA) is 98.2 Å². The highest BCUT2D eigenvalue weighted by atomic mass is 35.5. The summed E-state index contributed by atoms with van der Waals surface area (Å²) in [5.74, 6) is 0.312. The zero-order valence-electron chi connectivity index (χ0n) is 15.0. The number of rotatable bonds is 7. The van der Waals surface area contributed by atoms with Crippen LogP contribution in [0.1, 0.15) is 19.8 Å². The number of halogens is 1. The molecular formula is C17H21ClN4O4S. The molecule has 0 aliphatic carbocycles. The van der Waals surface area contributed by atoms with E-state index in [1.165, 1.54) is 23.4 Å². The Kier molecular flexibility index (Phi) is 6.46. The van der Waals surface area contributed by atoms with Crippen molar-refractivity contribution in [3.8, 4) is 5.75 Å². The van der Waals surface area contributed by atoms with Crippen LogP contribution in [-0.2, 0) is 16.1 Å². The molecule has 2 heterocycles. The van der Waals surface area contributed by atoms with E-state index in [9.17, 15) is 9.59 Å². The summed E-state index contributed by atoms with van der Waals surface area (Å²) in [6, 6.07) is 5.02. The monoisotopic (exact) mass is 412 g/mol. The first-order valence-electron chi connectivity index (χ1n) is 8.56. The van der Waals surface area contributed by atoms with Crippen LogP contribution in [-0.4, -0.2) is 45.7 Å². The van der Waals surface area contributed by atoms with Gasteiger partial charge < -0.3 is 14.8 Å². The van der Waals surface area contributed by atoms with E-state index in [1.54, 1.807) is 25.1 Å². The Morgan fingerprint density at radius 3 is 3.07 bits per heavy atom. The molecule has 0 spiro atoms. The fourth-order valence-corrected chi connectivity index (χ4v) is 3.87. The third kappa shape index (κ3) is 4.85. The van der Waals surface area contributed by atoms with Gasteiger partial charge in [-0.2, -0.15) is 0 Å². The van der Waals surface area contributed by atoms with E-state index < -0.39 is 5.25 Å². The van der Waals surface area contributed by atoms with E-state index in [2.05, 4.69) is 15.5 Å². The lowest BCUT2D eigenvalue weighted by Crippen LogP contribution is -2.26. The van der Waals surface area contributed by atoms with Crippen LogP contribution in [0.3, 0.4) is 0 Å². The molecule has 0 saturated carbocycles. The Bertz CT molecular complexity index is 863. The van der Waals surface area contributed by atoms with Gasteiger partial charge in [-0.25, -0.2) is 9.89 Å². The van der Waals surface area contributed by atoms with Crippen LogP contribution in [0, 0.1) is 0 Å². The summed E-state index contributed by atoms with van der Waals surface area (Å²) >= 11 is 7.29. The van der Waals surface area contributed by atoms with E-state index in [-0.39, 0.29) is 17.7 Å². The number of H-pyrrole nitrogens is 1. The normalized spacial score (nSPS) is 17.7. The lowest BCUT2D eigenvalue weighted by molar-refractivity contribution is -0.115. The van der Waals surface area contributed by atoms with Gasteiger partial charge in [0.25, 0.3) is 0 Å². The fourth-order valence-electron chi connectivity index (χ4n) is 2.75. The number of nitrogens with one attached hydrogen (secondary N) is 2. The van der Waals surface area contributed by atoms with Crippen molar-refractivity contribution in [3.63, 3.8) is 0 Å². The number of aromatic nitrogens is 3. The molecule has 2 atom stereocenters. The van der Waals surface area contributed by atoms with Crippen molar-refractivity contribution in [2.75, 3.05) is 19.0 Å². The molecular weight excluding hydrogens is 392 g/mol. The first kappa shape index (κ1) is 19.8. The van der Waals surface area contributed by atoms with Gasteiger partial charge in [-0.15, -0.1) is 5.10 Å². The SMILES string of the molecule is COc1ccc(NC(=O)[C@H](C)Sc2n[nH]c(=O)n2C[C@@H]2CCCO2)cc1Cl. The van der Waals surface area contributed by atoms with E-state index in [4.69, 9.17) is 21.1 Å². The van der Waals surface area contributed by atoms with Crippen molar-refractivity contribution in [2.24, 2.45) is 0 Å². The molecule has 10 heteroatoms. The van der Waals surface area contributed by atoms with Crippen LogP contribution in [0.5, 0.6) is 5.75 Å². The highest BCUT2D eigenvalue weighted by Crippen LogP contribution is 2.28. The third-order valence-electron chi connectivity index (χ3n) is 4.20. The first-order chi connectivity index (χ1) is 13.0. The van der Waals surface area contributed by atoms with Gasteiger partial charge in [-0.3, -0.25) is 9.36 Å².